The van der Waals surface area contributed by atoms with Crippen LogP contribution in [-0.2, 0) is 28.0 Å². The lowest BCUT2D eigenvalue weighted by atomic mass is 10.1. The summed E-state index contributed by atoms with van der Waals surface area (Å²) < 4.78 is 4.14. The van der Waals surface area contributed by atoms with Crippen molar-refractivity contribution in [2.45, 2.75) is 32.4 Å². The first-order chi connectivity index (χ1) is 17.2. The van der Waals surface area contributed by atoms with Crippen molar-refractivity contribution < 1.29 is 14.4 Å². The lowest BCUT2D eigenvalue weighted by molar-refractivity contribution is -0.135. The smallest absolute Gasteiger partial charge is 0.266 e. The predicted molar refractivity (Wildman–Crippen MR) is 131 cm³/mol. The van der Waals surface area contributed by atoms with Crippen LogP contribution in [0.15, 0.2) is 38.7 Å². The van der Waals surface area contributed by atoms with Crippen molar-refractivity contribution in [2.75, 3.05) is 5.32 Å². The molecule has 0 aliphatic carbocycles. The molecular weight excluding hydrogens is 536 g/mol. The molecule has 3 aromatic heterocycles. The molecule has 0 saturated carbocycles. The second kappa shape index (κ2) is 8.78. The first-order valence-corrected chi connectivity index (χ1v) is 11.7. The highest BCUT2D eigenvalue weighted by atomic mass is 79.9. The number of amides is 3. The predicted octanol–water partition coefficient (Wildman–Crippen LogP) is 0.527. The molecule has 1 saturated heterocycles. The number of hydrogen-bond acceptors (Lipinski definition) is 8. The number of fused-ring (bicyclic) bond motifs is 2. The zero-order valence-corrected chi connectivity index (χ0v) is 20.7. The van der Waals surface area contributed by atoms with Crippen LogP contribution in [0.25, 0.3) is 21.9 Å². The minimum atomic E-state index is -0.898. The number of anilines is 1. The number of nitrogens with one attached hydrogen (secondary N) is 2. The molecular formula is C22H19BrN8O5. The highest BCUT2D eigenvalue weighted by molar-refractivity contribution is 9.10. The summed E-state index contributed by atoms with van der Waals surface area (Å²) in [6.45, 7) is 1.24. The Morgan fingerprint density at radius 2 is 1.97 bits per heavy atom. The molecule has 14 heteroatoms. The Bertz CT molecular complexity index is 1720. The van der Waals surface area contributed by atoms with Crippen molar-refractivity contribution in [3.63, 3.8) is 0 Å². The van der Waals surface area contributed by atoms with Crippen molar-refractivity contribution in [3.05, 3.63) is 55.7 Å². The maximum atomic E-state index is 13.5. The molecule has 3 amide bonds. The Hall–Kier alpha value is -4.20. The lowest BCUT2D eigenvalue weighted by Crippen LogP contribution is -2.45. The summed E-state index contributed by atoms with van der Waals surface area (Å²) in [7, 11) is 1.65. The fraction of sp³-hybridized carbons (Fsp3) is 0.273. The largest absolute Gasteiger partial charge is 0.324 e. The molecule has 36 heavy (non-hydrogen) atoms. The summed E-state index contributed by atoms with van der Waals surface area (Å²) in [6.07, 6.45) is 1.51. The highest BCUT2D eigenvalue weighted by Crippen LogP contribution is 2.23. The molecule has 184 valence electrons. The number of piperidine rings is 1. The average molecular weight is 555 g/mol. The van der Waals surface area contributed by atoms with Gasteiger partial charge in [0.15, 0.2) is 5.65 Å². The molecule has 0 radical (unpaired) electrons. The quantitative estimate of drug-likeness (QED) is 0.345. The Morgan fingerprint density at radius 1 is 1.19 bits per heavy atom. The first-order valence-electron chi connectivity index (χ1n) is 10.9. The van der Waals surface area contributed by atoms with Crippen molar-refractivity contribution in [3.8, 4) is 0 Å². The molecule has 2 N–H and O–H groups in total. The van der Waals surface area contributed by atoms with Gasteiger partial charge in [-0.25, -0.2) is 14.6 Å². The molecule has 1 atom stereocenters. The second-order valence-corrected chi connectivity index (χ2v) is 9.09. The Morgan fingerprint density at radius 3 is 2.72 bits per heavy atom. The van der Waals surface area contributed by atoms with Crippen LogP contribution in [0.4, 0.5) is 5.69 Å². The van der Waals surface area contributed by atoms with Crippen LogP contribution in [0.5, 0.6) is 0 Å². The lowest BCUT2D eigenvalue weighted by Gasteiger charge is -2.24. The van der Waals surface area contributed by atoms with Crippen LogP contribution < -0.4 is 21.8 Å². The molecule has 1 aliphatic heterocycles. The number of rotatable bonds is 4. The van der Waals surface area contributed by atoms with Gasteiger partial charge in [0.1, 0.15) is 34.7 Å². The van der Waals surface area contributed by atoms with Crippen molar-refractivity contribution in [1.29, 1.82) is 0 Å². The zero-order chi connectivity index (χ0) is 25.7. The molecule has 4 aromatic rings. The Kier molecular flexibility index (Phi) is 5.74. The van der Waals surface area contributed by atoms with Crippen molar-refractivity contribution >= 4 is 61.3 Å². The van der Waals surface area contributed by atoms with Crippen LogP contribution in [0, 0.1) is 6.92 Å². The zero-order valence-electron chi connectivity index (χ0n) is 19.1. The molecule has 1 unspecified atom stereocenters. The third kappa shape index (κ3) is 3.88. The van der Waals surface area contributed by atoms with Crippen LogP contribution in [0.1, 0.15) is 24.7 Å². The van der Waals surface area contributed by atoms with E-state index in [2.05, 4.69) is 41.6 Å². The van der Waals surface area contributed by atoms with E-state index in [4.69, 9.17) is 0 Å². The van der Waals surface area contributed by atoms with Gasteiger partial charge >= 0.3 is 0 Å². The SMILES string of the molecule is Cc1nc2cccc(NC(=O)Cn3cnc4c(c(Br)nn4C)c3=O)c2c(=O)n1C1CCC(=O)NC1=O. The fourth-order valence-corrected chi connectivity index (χ4v) is 4.93. The third-order valence-corrected chi connectivity index (χ3v) is 6.54. The number of nitrogens with zero attached hydrogens (tertiary/aromatic N) is 6. The van der Waals surface area contributed by atoms with Gasteiger partial charge in [0.05, 0.1) is 16.6 Å². The minimum Gasteiger partial charge on any atom is -0.324 e. The van der Waals surface area contributed by atoms with Crippen LogP contribution >= 0.6 is 15.9 Å². The summed E-state index contributed by atoms with van der Waals surface area (Å²) in [5.74, 6) is -1.25. The van der Waals surface area contributed by atoms with Crippen LogP contribution in [0.2, 0.25) is 0 Å². The van der Waals surface area contributed by atoms with E-state index in [1.165, 1.54) is 21.6 Å². The first kappa shape index (κ1) is 23.5. The van der Waals surface area contributed by atoms with E-state index in [-0.39, 0.29) is 35.8 Å². The van der Waals surface area contributed by atoms with E-state index in [1.54, 1.807) is 26.1 Å². The van der Waals surface area contributed by atoms with Crippen molar-refractivity contribution in [2.24, 2.45) is 7.05 Å². The van der Waals surface area contributed by atoms with E-state index < -0.39 is 34.9 Å². The van der Waals surface area contributed by atoms with Gasteiger partial charge in [0.25, 0.3) is 11.1 Å². The molecule has 4 heterocycles. The number of aromatic nitrogens is 6. The maximum Gasteiger partial charge on any atom is 0.266 e. The monoisotopic (exact) mass is 554 g/mol. The Balaban J connectivity index is 1.50. The molecule has 5 rings (SSSR count). The standard InChI is InChI=1S/C22H19BrN8O5/c1-10-25-11-4-3-5-12(16(11)22(36)31(10)13-6-7-14(32)27-20(13)34)26-15(33)8-30-9-24-19-17(21(30)35)18(23)28-29(19)2/h3-5,9,13H,6-8H2,1-2H3,(H,26,33)(H,27,32,34). The van der Waals surface area contributed by atoms with E-state index in [9.17, 15) is 24.0 Å². The highest BCUT2D eigenvalue weighted by Gasteiger charge is 2.31. The molecule has 0 bridgehead atoms. The summed E-state index contributed by atoms with van der Waals surface area (Å²) in [6, 6.07) is 3.89. The molecule has 1 aromatic carbocycles. The Labute approximate surface area is 210 Å². The van der Waals surface area contributed by atoms with E-state index in [0.29, 0.717) is 21.6 Å². The van der Waals surface area contributed by atoms with Gasteiger partial charge in [0.2, 0.25) is 17.7 Å². The summed E-state index contributed by atoms with van der Waals surface area (Å²) in [4.78, 5) is 71.9. The molecule has 0 spiro atoms. The maximum absolute atomic E-state index is 13.5. The number of imide groups is 1. The van der Waals surface area contributed by atoms with Gasteiger partial charge < -0.3 is 5.32 Å². The summed E-state index contributed by atoms with van der Waals surface area (Å²) in [5, 5.41) is 9.38. The number of aryl methyl sites for hydroxylation is 2. The van der Waals surface area contributed by atoms with Crippen LogP contribution in [-0.4, -0.2) is 46.6 Å². The topological polar surface area (TPSA) is 163 Å². The number of hydrogen-bond donors (Lipinski definition) is 2. The summed E-state index contributed by atoms with van der Waals surface area (Å²) >= 11 is 3.23. The van der Waals surface area contributed by atoms with Crippen LogP contribution in [0.3, 0.4) is 0 Å². The van der Waals surface area contributed by atoms with E-state index in [0.717, 1.165) is 4.57 Å². The fourth-order valence-electron chi connectivity index (χ4n) is 4.35. The van der Waals surface area contributed by atoms with Gasteiger partial charge in [0, 0.05) is 13.5 Å². The number of benzene rings is 1. The van der Waals surface area contributed by atoms with E-state index >= 15 is 0 Å². The van der Waals surface area contributed by atoms with Gasteiger partial charge in [-0.15, -0.1) is 0 Å². The number of carbonyl (C=O) groups excluding carboxylic acids is 3. The molecule has 1 aliphatic rings. The van der Waals surface area contributed by atoms with Gasteiger partial charge in [-0.05, 0) is 41.4 Å². The van der Waals surface area contributed by atoms with E-state index in [1.807, 2.05) is 0 Å². The van der Waals surface area contributed by atoms with Gasteiger partial charge in [-0.1, -0.05) is 6.07 Å². The molecule has 1 fully saturated rings. The number of halogens is 1. The second-order valence-electron chi connectivity index (χ2n) is 8.34. The number of carbonyl (C=O) groups is 3. The van der Waals surface area contributed by atoms with Gasteiger partial charge in [-0.2, -0.15) is 5.10 Å². The van der Waals surface area contributed by atoms with Crippen molar-refractivity contribution in [1.82, 2.24) is 34.2 Å². The van der Waals surface area contributed by atoms with Gasteiger partial charge in [-0.3, -0.25) is 38.4 Å². The molecule has 13 nitrogen and oxygen atoms in total. The third-order valence-electron chi connectivity index (χ3n) is 5.98. The average Bonchev–Trinajstić information content (AvgIpc) is 3.10. The minimum absolute atomic E-state index is 0.0961. The summed E-state index contributed by atoms with van der Waals surface area (Å²) in [5.41, 5.74) is -0.0971. The normalized spacial score (nSPS) is 15.9.